The Hall–Kier alpha value is -1.89. The lowest BCUT2D eigenvalue weighted by Crippen LogP contribution is -2.47. The number of imidazole rings is 1. The van der Waals surface area contributed by atoms with Crippen LogP contribution in [0.15, 0.2) is 12.4 Å². The molecule has 0 radical (unpaired) electrons. The predicted molar refractivity (Wildman–Crippen MR) is 71.1 cm³/mol. The maximum absolute atomic E-state index is 11.5. The summed E-state index contributed by atoms with van der Waals surface area (Å²) in [6.45, 7) is 4.12. The van der Waals surface area contributed by atoms with Gasteiger partial charge in [0, 0.05) is 25.4 Å². The molecule has 0 aliphatic carbocycles. The molecule has 0 aromatic carbocycles. The highest BCUT2D eigenvalue weighted by Gasteiger charge is 2.17. The van der Waals surface area contributed by atoms with Gasteiger partial charge in [-0.15, -0.1) is 0 Å². The number of amides is 2. The van der Waals surface area contributed by atoms with Crippen LogP contribution in [0.5, 0.6) is 0 Å². The zero-order valence-electron chi connectivity index (χ0n) is 11.3. The Balaban J connectivity index is 2.16. The van der Waals surface area contributed by atoms with E-state index in [-0.39, 0.29) is 24.3 Å². The molecule has 0 saturated heterocycles. The smallest absolute Gasteiger partial charge is 0.239 e. The van der Waals surface area contributed by atoms with Crippen LogP contribution in [0, 0.1) is 5.92 Å². The second kappa shape index (κ2) is 7.52. The zero-order chi connectivity index (χ0) is 14.3. The molecule has 0 aliphatic heterocycles. The summed E-state index contributed by atoms with van der Waals surface area (Å²) in [5.41, 5.74) is 5.65. The van der Waals surface area contributed by atoms with Crippen LogP contribution in [0.1, 0.15) is 19.7 Å². The first-order valence-electron chi connectivity index (χ1n) is 6.29. The lowest BCUT2D eigenvalue weighted by molar-refractivity contribution is -0.127. The van der Waals surface area contributed by atoms with Crippen molar-refractivity contribution in [2.45, 2.75) is 26.3 Å². The zero-order valence-corrected chi connectivity index (χ0v) is 11.3. The normalized spacial score (nSPS) is 12.2. The number of nitrogens with zero attached hydrogens (tertiary/aromatic N) is 1. The third kappa shape index (κ3) is 5.52. The molecule has 0 spiro atoms. The summed E-state index contributed by atoms with van der Waals surface area (Å²) in [5, 5.41) is 5.20. The lowest BCUT2D eigenvalue weighted by atomic mass is 10.1. The molecule has 1 aromatic rings. The number of carbonyl (C=O) groups is 2. The predicted octanol–water partition coefficient (Wildman–Crippen LogP) is -0.832. The van der Waals surface area contributed by atoms with Gasteiger partial charge in [0.25, 0.3) is 0 Å². The van der Waals surface area contributed by atoms with Gasteiger partial charge in [-0.1, -0.05) is 13.8 Å². The molecule has 0 saturated carbocycles. The molecule has 0 aliphatic rings. The van der Waals surface area contributed by atoms with Crippen LogP contribution in [0.3, 0.4) is 0 Å². The van der Waals surface area contributed by atoms with Crippen LogP contribution < -0.4 is 16.4 Å². The number of hydrogen-bond acceptors (Lipinski definition) is 4. The topological polar surface area (TPSA) is 113 Å². The van der Waals surface area contributed by atoms with E-state index in [0.717, 1.165) is 5.82 Å². The van der Waals surface area contributed by atoms with E-state index in [0.29, 0.717) is 13.0 Å². The molecule has 0 bridgehead atoms. The number of aromatic nitrogens is 2. The van der Waals surface area contributed by atoms with Crippen molar-refractivity contribution in [1.82, 2.24) is 20.6 Å². The van der Waals surface area contributed by atoms with E-state index in [1.165, 1.54) is 0 Å². The molecular formula is C12H21N5O2. The van der Waals surface area contributed by atoms with E-state index in [2.05, 4.69) is 20.6 Å². The maximum Gasteiger partial charge on any atom is 0.239 e. The van der Waals surface area contributed by atoms with Crippen molar-refractivity contribution < 1.29 is 9.59 Å². The van der Waals surface area contributed by atoms with Crippen molar-refractivity contribution in [3.05, 3.63) is 18.2 Å². The SMILES string of the molecule is CC(C)[C@H](N)C(=O)NCC(=O)NCCc1ncc[nH]1. The van der Waals surface area contributed by atoms with Gasteiger partial charge in [0.1, 0.15) is 5.82 Å². The number of hydrogen-bond donors (Lipinski definition) is 4. The molecule has 1 aromatic heterocycles. The van der Waals surface area contributed by atoms with Crippen LogP contribution in [0.2, 0.25) is 0 Å². The van der Waals surface area contributed by atoms with E-state index >= 15 is 0 Å². The van der Waals surface area contributed by atoms with Gasteiger partial charge in [0.2, 0.25) is 11.8 Å². The standard InChI is InChI=1S/C12H21N5O2/c1-8(2)11(13)12(19)17-7-10(18)16-4-3-9-14-5-6-15-9/h5-6,8,11H,3-4,7,13H2,1-2H3,(H,14,15)(H,16,18)(H,17,19)/t11-/m0/s1. The number of nitrogens with one attached hydrogen (secondary N) is 3. The van der Waals surface area contributed by atoms with Crippen molar-refractivity contribution >= 4 is 11.8 Å². The molecule has 0 fully saturated rings. The molecule has 5 N–H and O–H groups in total. The van der Waals surface area contributed by atoms with Gasteiger partial charge >= 0.3 is 0 Å². The molecule has 106 valence electrons. The number of rotatable bonds is 7. The molecule has 7 heteroatoms. The van der Waals surface area contributed by atoms with Crippen LogP contribution >= 0.6 is 0 Å². The quantitative estimate of drug-likeness (QED) is 0.516. The first-order valence-corrected chi connectivity index (χ1v) is 6.29. The highest BCUT2D eigenvalue weighted by Crippen LogP contribution is 1.97. The van der Waals surface area contributed by atoms with Gasteiger partial charge in [-0.25, -0.2) is 4.98 Å². The van der Waals surface area contributed by atoms with E-state index < -0.39 is 6.04 Å². The van der Waals surface area contributed by atoms with Gasteiger partial charge in [0.15, 0.2) is 0 Å². The minimum atomic E-state index is -0.587. The van der Waals surface area contributed by atoms with Crippen LogP contribution in [-0.4, -0.2) is 40.9 Å². The Kier molecular flexibility index (Phi) is 6.01. The summed E-state index contributed by atoms with van der Waals surface area (Å²) in [6.07, 6.45) is 4.01. The summed E-state index contributed by atoms with van der Waals surface area (Å²) in [7, 11) is 0. The fraction of sp³-hybridized carbons (Fsp3) is 0.583. The lowest BCUT2D eigenvalue weighted by Gasteiger charge is -2.15. The van der Waals surface area contributed by atoms with Crippen LogP contribution in [-0.2, 0) is 16.0 Å². The van der Waals surface area contributed by atoms with Crippen molar-refractivity contribution in [3.8, 4) is 0 Å². The maximum atomic E-state index is 11.5. The first-order chi connectivity index (χ1) is 9.00. The van der Waals surface area contributed by atoms with Gasteiger partial charge in [0.05, 0.1) is 12.6 Å². The number of carbonyl (C=O) groups excluding carboxylic acids is 2. The summed E-state index contributed by atoms with van der Waals surface area (Å²) in [5.74, 6) is 0.306. The Morgan fingerprint density at radius 3 is 2.74 bits per heavy atom. The van der Waals surface area contributed by atoms with Gasteiger partial charge < -0.3 is 21.4 Å². The average molecular weight is 267 g/mol. The minimum absolute atomic E-state index is 0.0435. The molecule has 1 atom stereocenters. The summed E-state index contributed by atoms with van der Waals surface area (Å²) >= 11 is 0. The fourth-order valence-corrected chi connectivity index (χ4v) is 1.41. The molecule has 1 heterocycles. The van der Waals surface area contributed by atoms with Crippen molar-refractivity contribution in [2.75, 3.05) is 13.1 Å². The van der Waals surface area contributed by atoms with E-state index in [4.69, 9.17) is 5.73 Å². The minimum Gasteiger partial charge on any atom is -0.354 e. The Bertz CT molecular complexity index is 402. The Morgan fingerprint density at radius 2 is 2.16 bits per heavy atom. The third-order valence-electron chi connectivity index (χ3n) is 2.68. The van der Waals surface area contributed by atoms with Gasteiger partial charge in [-0.2, -0.15) is 0 Å². The van der Waals surface area contributed by atoms with Crippen LogP contribution in [0.25, 0.3) is 0 Å². The first kappa shape index (κ1) is 15.2. The van der Waals surface area contributed by atoms with E-state index in [1.807, 2.05) is 13.8 Å². The summed E-state index contributed by atoms with van der Waals surface area (Å²) in [6, 6.07) is -0.587. The Labute approximate surface area is 112 Å². The second-order valence-electron chi connectivity index (χ2n) is 4.62. The second-order valence-corrected chi connectivity index (χ2v) is 4.62. The molecule has 19 heavy (non-hydrogen) atoms. The highest BCUT2D eigenvalue weighted by atomic mass is 16.2. The summed E-state index contributed by atoms with van der Waals surface area (Å²) < 4.78 is 0. The number of H-pyrrole nitrogens is 1. The van der Waals surface area contributed by atoms with Gasteiger partial charge in [-0.3, -0.25) is 9.59 Å². The van der Waals surface area contributed by atoms with Crippen molar-refractivity contribution in [1.29, 1.82) is 0 Å². The van der Waals surface area contributed by atoms with Crippen molar-refractivity contribution in [3.63, 3.8) is 0 Å². The van der Waals surface area contributed by atoms with E-state index in [1.54, 1.807) is 12.4 Å². The molecule has 2 amide bonds. The molecule has 1 rings (SSSR count). The largest absolute Gasteiger partial charge is 0.354 e. The monoisotopic (exact) mass is 267 g/mol. The average Bonchev–Trinajstić information content (AvgIpc) is 2.88. The van der Waals surface area contributed by atoms with Crippen molar-refractivity contribution in [2.24, 2.45) is 11.7 Å². The number of aromatic amines is 1. The molecule has 0 unspecified atom stereocenters. The summed E-state index contributed by atoms with van der Waals surface area (Å²) in [4.78, 5) is 30.0. The highest BCUT2D eigenvalue weighted by molar-refractivity contribution is 5.87. The fourth-order valence-electron chi connectivity index (χ4n) is 1.41. The van der Waals surface area contributed by atoms with E-state index in [9.17, 15) is 9.59 Å². The molecular weight excluding hydrogens is 246 g/mol. The van der Waals surface area contributed by atoms with Crippen LogP contribution in [0.4, 0.5) is 0 Å². The Morgan fingerprint density at radius 1 is 1.42 bits per heavy atom. The van der Waals surface area contributed by atoms with Gasteiger partial charge in [-0.05, 0) is 5.92 Å². The third-order valence-corrected chi connectivity index (χ3v) is 2.68. The molecule has 7 nitrogen and oxygen atoms in total. The number of nitrogens with two attached hydrogens (primary N) is 1.